The maximum Gasteiger partial charge on any atom is 0.242 e. The Labute approximate surface area is 162 Å². The second-order valence-electron chi connectivity index (χ2n) is 6.83. The van der Waals surface area contributed by atoms with Gasteiger partial charge in [0.2, 0.25) is 11.8 Å². The van der Waals surface area contributed by atoms with Crippen LogP contribution in [0.2, 0.25) is 0 Å². The van der Waals surface area contributed by atoms with Crippen molar-refractivity contribution in [3.63, 3.8) is 0 Å². The third-order valence-electron chi connectivity index (χ3n) is 4.74. The lowest BCUT2D eigenvalue weighted by molar-refractivity contribution is -0.140. The predicted octanol–water partition coefficient (Wildman–Crippen LogP) is 3.87. The third-order valence-corrected chi connectivity index (χ3v) is 4.74. The van der Waals surface area contributed by atoms with Gasteiger partial charge in [0, 0.05) is 13.1 Å². The van der Waals surface area contributed by atoms with E-state index in [1.807, 2.05) is 75.4 Å². The first kappa shape index (κ1) is 20.7. The second kappa shape index (κ2) is 10.5. The highest BCUT2D eigenvalue weighted by molar-refractivity contribution is 5.88. The molecule has 0 saturated carbocycles. The summed E-state index contributed by atoms with van der Waals surface area (Å²) in [6, 6.07) is 17.2. The van der Waals surface area contributed by atoms with E-state index in [4.69, 9.17) is 0 Å². The Balaban J connectivity index is 2.27. The monoisotopic (exact) mass is 366 g/mol. The number of carbonyl (C=O) groups is 2. The number of carbonyl (C=O) groups excluding carboxylic acids is 2. The SMILES string of the molecule is CCCNC(=O)[C@@H](CC)N(Cc1ccccc1C)C(=O)Cc1ccccc1. The minimum Gasteiger partial charge on any atom is -0.354 e. The van der Waals surface area contributed by atoms with Crippen molar-refractivity contribution in [3.8, 4) is 0 Å². The smallest absolute Gasteiger partial charge is 0.242 e. The van der Waals surface area contributed by atoms with Crippen LogP contribution in [0, 0.1) is 6.92 Å². The van der Waals surface area contributed by atoms with E-state index in [9.17, 15) is 9.59 Å². The Hall–Kier alpha value is -2.62. The van der Waals surface area contributed by atoms with E-state index in [1.165, 1.54) is 0 Å². The van der Waals surface area contributed by atoms with Crippen LogP contribution in [0.25, 0.3) is 0 Å². The largest absolute Gasteiger partial charge is 0.354 e. The summed E-state index contributed by atoms with van der Waals surface area (Å²) in [5.41, 5.74) is 3.15. The Bertz CT molecular complexity index is 743. The van der Waals surface area contributed by atoms with E-state index in [1.54, 1.807) is 4.90 Å². The minimum atomic E-state index is -0.465. The standard InChI is InChI=1S/C23H30N2O2/c1-4-15-24-23(27)21(5-2)25(17-20-14-10-9-11-18(20)3)22(26)16-19-12-7-6-8-13-19/h6-14,21H,4-5,15-17H2,1-3H3,(H,24,27)/t21-/m1/s1. The molecule has 4 heteroatoms. The molecule has 0 fully saturated rings. The zero-order valence-electron chi connectivity index (χ0n) is 16.6. The van der Waals surface area contributed by atoms with Crippen molar-refractivity contribution in [1.29, 1.82) is 0 Å². The van der Waals surface area contributed by atoms with Crippen LogP contribution in [-0.4, -0.2) is 29.3 Å². The maximum atomic E-state index is 13.2. The third kappa shape index (κ3) is 5.95. The number of benzene rings is 2. The first-order valence-corrected chi connectivity index (χ1v) is 9.72. The van der Waals surface area contributed by atoms with Crippen molar-refractivity contribution in [2.75, 3.05) is 6.54 Å². The summed E-state index contributed by atoms with van der Waals surface area (Å²) >= 11 is 0. The van der Waals surface area contributed by atoms with Gasteiger partial charge in [-0.1, -0.05) is 68.4 Å². The molecule has 1 N–H and O–H groups in total. The lowest BCUT2D eigenvalue weighted by Gasteiger charge is -2.31. The normalized spacial score (nSPS) is 11.7. The van der Waals surface area contributed by atoms with Crippen LogP contribution in [0.1, 0.15) is 43.4 Å². The maximum absolute atomic E-state index is 13.2. The Morgan fingerprint density at radius 2 is 1.67 bits per heavy atom. The molecule has 2 aromatic carbocycles. The van der Waals surface area contributed by atoms with Gasteiger partial charge in [-0.3, -0.25) is 9.59 Å². The average Bonchev–Trinajstić information content (AvgIpc) is 2.68. The van der Waals surface area contributed by atoms with Crippen LogP contribution in [0.4, 0.5) is 0 Å². The molecule has 1 atom stereocenters. The predicted molar refractivity (Wildman–Crippen MR) is 109 cm³/mol. The van der Waals surface area contributed by atoms with Crippen molar-refractivity contribution in [3.05, 3.63) is 71.3 Å². The highest BCUT2D eigenvalue weighted by Gasteiger charge is 2.28. The first-order chi connectivity index (χ1) is 13.1. The molecule has 144 valence electrons. The summed E-state index contributed by atoms with van der Waals surface area (Å²) in [4.78, 5) is 27.6. The highest BCUT2D eigenvalue weighted by Crippen LogP contribution is 2.17. The molecule has 0 saturated heterocycles. The van der Waals surface area contributed by atoms with Crippen molar-refractivity contribution >= 4 is 11.8 Å². The van der Waals surface area contributed by atoms with Crippen LogP contribution < -0.4 is 5.32 Å². The van der Waals surface area contributed by atoms with E-state index < -0.39 is 6.04 Å². The first-order valence-electron chi connectivity index (χ1n) is 9.72. The van der Waals surface area contributed by atoms with Gasteiger partial charge in [0.25, 0.3) is 0 Å². The van der Waals surface area contributed by atoms with Gasteiger partial charge >= 0.3 is 0 Å². The highest BCUT2D eigenvalue weighted by atomic mass is 16.2. The number of rotatable bonds is 9. The summed E-state index contributed by atoms with van der Waals surface area (Å²) in [6.07, 6.45) is 1.75. The molecular weight excluding hydrogens is 336 g/mol. The molecule has 0 aliphatic carbocycles. The molecule has 0 spiro atoms. The van der Waals surface area contributed by atoms with Crippen molar-refractivity contribution in [1.82, 2.24) is 10.2 Å². The van der Waals surface area contributed by atoms with Crippen LogP contribution in [-0.2, 0) is 22.6 Å². The molecule has 0 radical (unpaired) electrons. The molecule has 0 bridgehead atoms. The van der Waals surface area contributed by atoms with Gasteiger partial charge in [-0.25, -0.2) is 0 Å². The Morgan fingerprint density at radius 3 is 2.30 bits per heavy atom. The number of amides is 2. The van der Waals surface area contributed by atoms with E-state index in [2.05, 4.69) is 5.32 Å². The van der Waals surface area contributed by atoms with Crippen LogP contribution >= 0.6 is 0 Å². The topological polar surface area (TPSA) is 49.4 Å². The zero-order valence-corrected chi connectivity index (χ0v) is 16.6. The summed E-state index contributed by atoms with van der Waals surface area (Å²) in [5.74, 6) is -0.0997. The molecular formula is C23H30N2O2. The zero-order chi connectivity index (χ0) is 19.6. The molecule has 2 amide bonds. The van der Waals surface area contributed by atoms with Crippen molar-refractivity contribution in [2.45, 2.75) is 52.6 Å². The van der Waals surface area contributed by atoms with Crippen LogP contribution in [0.5, 0.6) is 0 Å². The molecule has 4 nitrogen and oxygen atoms in total. The lowest BCUT2D eigenvalue weighted by atomic mass is 10.0. The van der Waals surface area contributed by atoms with Gasteiger partial charge < -0.3 is 10.2 Å². The van der Waals surface area contributed by atoms with Gasteiger partial charge in [-0.2, -0.15) is 0 Å². The van der Waals surface area contributed by atoms with Crippen molar-refractivity contribution in [2.24, 2.45) is 0 Å². The molecule has 0 aromatic heterocycles. The number of nitrogens with one attached hydrogen (secondary N) is 1. The van der Waals surface area contributed by atoms with Gasteiger partial charge in [-0.05, 0) is 36.5 Å². The molecule has 2 rings (SSSR count). The second-order valence-corrected chi connectivity index (χ2v) is 6.83. The fourth-order valence-corrected chi connectivity index (χ4v) is 3.13. The average molecular weight is 367 g/mol. The molecule has 0 heterocycles. The minimum absolute atomic E-state index is 0.0250. The number of hydrogen-bond donors (Lipinski definition) is 1. The fourth-order valence-electron chi connectivity index (χ4n) is 3.13. The van der Waals surface area contributed by atoms with Gasteiger partial charge in [0.1, 0.15) is 6.04 Å². The number of aryl methyl sites for hydroxylation is 1. The van der Waals surface area contributed by atoms with Gasteiger partial charge in [0.15, 0.2) is 0 Å². The number of hydrogen-bond acceptors (Lipinski definition) is 2. The van der Waals surface area contributed by atoms with E-state index in [0.717, 1.165) is 23.1 Å². The van der Waals surface area contributed by atoms with E-state index in [-0.39, 0.29) is 11.8 Å². The molecule has 27 heavy (non-hydrogen) atoms. The van der Waals surface area contributed by atoms with Gasteiger partial charge in [-0.15, -0.1) is 0 Å². The van der Waals surface area contributed by atoms with Crippen molar-refractivity contribution < 1.29 is 9.59 Å². The van der Waals surface area contributed by atoms with E-state index >= 15 is 0 Å². The summed E-state index contributed by atoms with van der Waals surface area (Å²) < 4.78 is 0. The molecule has 2 aromatic rings. The molecule has 0 aliphatic rings. The van der Waals surface area contributed by atoms with Gasteiger partial charge in [0.05, 0.1) is 6.42 Å². The summed E-state index contributed by atoms with van der Waals surface area (Å²) in [7, 11) is 0. The lowest BCUT2D eigenvalue weighted by Crippen LogP contribution is -2.49. The summed E-state index contributed by atoms with van der Waals surface area (Å²) in [6.45, 7) is 7.08. The van der Waals surface area contributed by atoms with E-state index in [0.29, 0.717) is 25.9 Å². The fraction of sp³-hybridized carbons (Fsp3) is 0.391. The Morgan fingerprint density at radius 1 is 1.00 bits per heavy atom. The molecule has 0 unspecified atom stereocenters. The Kier molecular flexibility index (Phi) is 8.05. The van der Waals surface area contributed by atoms with Crippen LogP contribution in [0.3, 0.4) is 0 Å². The summed E-state index contributed by atoms with van der Waals surface area (Å²) in [5, 5.41) is 2.95. The van der Waals surface area contributed by atoms with Crippen LogP contribution in [0.15, 0.2) is 54.6 Å². The number of nitrogens with zero attached hydrogens (tertiary/aromatic N) is 1. The quantitative estimate of drug-likeness (QED) is 0.732. The molecule has 0 aliphatic heterocycles.